The van der Waals surface area contributed by atoms with Gasteiger partial charge in [-0.15, -0.1) is 0 Å². The Morgan fingerprint density at radius 1 is 0.967 bits per heavy atom. The Hall–Kier alpha value is -2.58. The molecule has 7 nitrogen and oxygen atoms in total. The van der Waals surface area contributed by atoms with Gasteiger partial charge in [-0.1, -0.05) is 0 Å². The van der Waals surface area contributed by atoms with Crippen molar-refractivity contribution in [3.63, 3.8) is 0 Å². The molecule has 1 aliphatic heterocycles. The standard InChI is InChI=1S/C22H30N4O3S/c1-4-26(30(28,29)5-2)21-10-6-18(7-11-21)22(27)23-19-8-12-20(13-9-19)25-16-14-24(3)15-17-25/h6-13H,4-5,14-17H2,1-3H3,(H,23,27). The van der Waals surface area contributed by atoms with E-state index in [4.69, 9.17) is 0 Å². The van der Waals surface area contributed by atoms with Crippen molar-refractivity contribution in [1.29, 1.82) is 0 Å². The van der Waals surface area contributed by atoms with Crippen molar-refractivity contribution in [1.82, 2.24) is 4.90 Å². The summed E-state index contributed by atoms with van der Waals surface area (Å²) in [5.74, 6) is -0.192. The molecule has 8 heteroatoms. The van der Waals surface area contributed by atoms with E-state index in [-0.39, 0.29) is 11.7 Å². The van der Waals surface area contributed by atoms with Gasteiger partial charge in [-0.25, -0.2) is 8.42 Å². The molecule has 30 heavy (non-hydrogen) atoms. The van der Waals surface area contributed by atoms with Crippen molar-refractivity contribution in [2.75, 3.05) is 60.0 Å². The maximum Gasteiger partial charge on any atom is 0.255 e. The summed E-state index contributed by atoms with van der Waals surface area (Å²) < 4.78 is 25.7. The Bertz CT molecular complexity index is 951. The fourth-order valence-electron chi connectivity index (χ4n) is 3.50. The summed E-state index contributed by atoms with van der Waals surface area (Å²) >= 11 is 0. The third-order valence-corrected chi connectivity index (χ3v) is 7.27. The number of carbonyl (C=O) groups is 1. The van der Waals surface area contributed by atoms with E-state index in [0.29, 0.717) is 17.8 Å². The van der Waals surface area contributed by atoms with Crippen LogP contribution in [0.3, 0.4) is 0 Å². The first-order chi connectivity index (χ1) is 14.3. The first-order valence-electron chi connectivity index (χ1n) is 10.3. The van der Waals surface area contributed by atoms with Gasteiger partial charge < -0.3 is 15.1 Å². The normalized spacial score (nSPS) is 15.1. The number of nitrogens with one attached hydrogen (secondary N) is 1. The van der Waals surface area contributed by atoms with Gasteiger partial charge in [0.05, 0.1) is 11.4 Å². The number of nitrogens with zero attached hydrogens (tertiary/aromatic N) is 3. The topological polar surface area (TPSA) is 73.0 Å². The Balaban J connectivity index is 1.64. The summed E-state index contributed by atoms with van der Waals surface area (Å²) in [6.45, 7) is 7.84. The molecule has 0 spiro atoms. The number of benzene rings is 2. The van der Waals surface area contributed by atoms with E-state index in [2.05, 4.69) is 22.2 Å². The van der Waals surface area contributed by atoms with E-state index < -0.39 is 10.0 Å². The molecule has 1 heterocycles. The van der Waals surface area contributed by atoms with E-state index in [1.165, 1.54) is 4.31 Å². The number of piperazine rings is 1. The minimum atomic E-state index is -3.34. The van der Waals surface area contributed by atoms with Crippen molar-refractivity contribution in [2.24, 2.45) is 0 Å². The quantitative estimate of drug-likeness (QED) is 0.731. The summed E-state index contributed by atoms with van der Waals surface area (Å²) in [5, 5.41) is 2.90. The number of anilines is 3. The van der Waals surface area contributed by atoms with Crippen molar-refractivity contribution in [3.8, 4) is 0 Å². The molecule has 1 amide bonds. The molecule has 0 aromatic heterocycles. The van der Waals surface area contributed by atoms with Crippen LogP contribution in [-0.2, 0) is 10.0 Å². The molecule has 0 bridgehead atoms. The zero-order chi connectivity index (χ0) is 21.7. The highest BCUT2D eigenvalue weighted by Crippen LogP contribution is 2.22. The fourth-order valence-corrected chi connectivity index (χ4v) is 4.65. The summed E-state index contributed by atoms with van der Waals surface area (Å²) in [7, 11) is -1.21. The minimum Gasteiger partial charge on any atom is -0.369 e. The SMILES string of the molecule is CCN(c1ccc(C(=O)Nc2ccc(N3CCN(C)CC3)cc2)cc1)S(=O)(=O)CC. The maximum absolute atomic E-state index is 12.6. The van der Waals surface area contributed by atoms with Crippen LogP contribution >= 0.6 is 0 Å². The number of rotatable bonds is 7. The lowest BCUT2D eigenvalue weighted by Gasteiger charge is -2.34. The van der Waals surface area contributed by atoms with E-state index in [1.54, 1.807) is 38.1 Å². The van der Waals surface area contributed by atoms with Gasteiger partial charge in [-0.3, -0.25) is 9.10 Å². The Kier molecular flexibility index (Phi) is 6.99. The van der Waals surface area contributed by atoms with E-state index >= 15 is 0 Å². The molecule has 2 aromatic carbocycles. The predicted molar refractivity (Wildman–Crippen MR) is 123 cm³/mol. The maximum atomic E-state index is 12.6. The highest BCUT2D eigenvalue weighted by atomic mass is 32.2. The monoisotopic (exact) mass is 430 g/mol. The first-order valence-corrected chi connectivity index (χ1v) is 11.9. The molecule has 1 fully saturated rings. The van der Waals surface area contributed by atoms with Gasteiger partial charge in [0, 0.05) is 49.7 Å². The smallest absolute Gasteiger partial charge is 0.255 e. The molecule has 1 aliphatic rings. The van der Waals surface area contributed by atoms with Gasteiger partial charge in [-0.2, -0.15) is 0 Å². The van der Waals surface area contributed by atoms with Gasteiger partial charge in [0.15, 0.2) is 0 Å². The number of amides is 1. The van der Waals surface area contributed by atoms with E-state index in [9.17, 15) is 13.2 Å². The fraction of sp³-hybridized carbons (Fsp3) is 0.409. The second kappa shape index (κ2) is 9.49. The summed E-state index contributed by atoms with van der Waals surface area (Å²) in [6, 6.07) is 14.5. The molecule has 0 aliphatic carbocycles. The summed E-state index contributed by atoms with van der Waals surface area (Å²) in [5.41, 5.74) is 2.92. The second-order valence-electron chi connectivity index (χ2n) is 7.40. The average Bonchev–Trinajstić information content (AvgIpc) is 2.76. The molecule has 0 saturated carbocycles. The zero-order valence-corrected chi connectivity index (χ0v) is 18.7. The van der Waals surface area contributed by atoms with E-state index in [0.717, 1.165) is 37.6 Å². The van der Waals surface area contributed by atoms with Crippen LogP contribution < -0.4 is 14.5 Å². The van der Waals surface area contributed by atoms with Crippen LogP contribution in [0.15, 0.2) is 48.5 Å². The number of sulfonamides is 1. The third-order valence-electron chi connectivity index (χ3n) is 5.40. The van der Waals surface area contributed by atoms with Gasteiger partial charge in [0.25, 0.3) is 5.91 Å². The predicted octanol–water partition coefficient (Wildman–Crippen LogP) is 2.87. The lowest BCUT2D eigenvalue weighted by molar-refractivity contribution is 0.102. The lowest BCUT2D eigenvalue weighted by Crippen LogP contribution is -2.44. The molecule has 162 valence electrons. The lowest BCUT2D eigenvalue weighted by atomic mass is 10.2. The molecule has 0 unspecified atom stereocenters. The van der Waals surface area contributed by atoms with Crippen molar-refractivity contribution in [3.05, 3.63) is 54.1 Å². The Morgan fingerprint density at radius 3 is 2.10 bits per heavy atom. The molecule has 3 rings (SSSR count). The molecular weight excluding hydrogens is 400 g/mol. The summed E-state index contributed by atoms with van der Waals surface area (Å²) in [4.78, 5) is 17.2. The van der Waals surface area contributed by atoms with Gasteiger partial charge >= 0.3 is 0 Å². The van der Waals surface area contributed by atoms with Crippen LogP contribution in [0.1, 0.15) is 24.2 Å². The van der Waals surface area contributed by atoms with Crippen LogP contribution in [0.2, 0.25) is 0 Å². The molecule has 2 aromatic rings. The molecule has 0 radical (unpaired) electrons. The number of hydrogen-bond donors (Lipinski definition) is 1. The van der Waals surface area contributed by atoms with Crippen molar-refractivity contribution < 1.29 is 13.2 Å². The molecular formula is C22H30N4O3S. The molecule has 1 saturated heterocycles. The van der Waals surface area contributed by atoms with E-state index in [1.807, 2.05) is 24.3 Å². The van der Waals surface area contributed by atoms with Crippen molar-refractivity contribution in [2.45, 2.75) is 13.8 Å². The molecule has 1 N–H and O–H groups in total. The van der Waals surface area contributed by atoms with Crippen LogP contribution in [0, 0.1) is 0 Å². The highest BCUT2D eigenvalue weighted by Gasteiger charge is 2.19. The second-order valence-corrected chi connectivity index (χ2v) is 9.59. The van der Waals surface area contributed by atoms with Crippen LogP contribution in [-0.4, -0.2) is 64.7 Å². The summed E-state index contributed by atoms with van der Waals surface area (Å²) in [6.07, 6.45) is 0. The third kappa shape index (κ3) is 5.12. The largest absolute Gasteiger partial charge is 0.369 e. The average molecular weight is 431 g/mol. The van der Waals surface area contributed by atoms with Gasteiger partial charge in [0.2, 0.25) is 10.0 Å². The van der Waals surface area contributed by atoms with Gasteiger partial charge in [0.1, 0.15) is 0 Å². The van der Waals surface area contributed by atoms with Gasteiger partial charge in [-0.05, 0) is 69.4 Å². The minimum absolute atomic E-state index is 0.0349. The number of carbonyl (C=O) groups excluding carboxylic acids is 1. The Labute approximate surface area is 179 Å². The molecule has 0 atom stereocenters. The van der Waals surface area contributed by atoms with Crippen LogP contribution in [0.25, 0.3) is 0 Å². The van der Waals surface area contributed by atoms with Crippen LogP contribution in [0.5, 0.6) is 0 Å². The van der Waals surface area contributed by atoms with Crippen molar-refractivity contribution >= 4 is 33.0 Å². The highest BCUT2D eigenvalue weighted by molar-refractivity contribution is 7.92. The first kappa shape index (κ1) is 22.1. The number of likely N-dealkylation sites (N-methyl/N-ethyl adjacent to an activating group) is 1. The Morgan fingerprint density at radius 2 is 1.57 bits per heavy atom. The van der Waals surface area contributed by atoms with Crippen LogP contribution in [0.4, 0.5) is 17.1 Å². The zero-order valence-electron chi connectivity index (χ0n) is 17.8. The number of hydrogen-bond acceptors (Lipinski definition) is 5.